The Labute approximate surface area is 133 Å². The molecule has 0 aliphatic carbocycles. The second-order valence-electron chi connectivity index (χ2n) is 5.19. The van der Waals surface area contributed by atoms with Crippen molar-refractivity contribution in [3.8, 4) is 0 Å². The topological polar surface area (TPSA) is 70.3 Å². The van der Waals surface area contributed by atoms with E-state index in [1.54, 1.807) is 13.0 Å². The summed E-state index contributed by atoms with van der Waals surface area (Å²) in [6.07, 6.45) is 3.09. The fourth-order valence-corrected chi connectivity index (χ4v) is 2.10. The number of esters is 1. The third-order valence-corrected chi connectivity index (χ3v) is 3.44. The van der Waals surface area contributed by atoms with Crippen molar-refractivity contribution in [2.75, 3.05) is 0 Å². The zero-order chi connectivity index (χ0) is 17.0. The number of carbonyl (C=O) groups excluding carboxylic acids is 1. The fourth-order valence-electron chi connectivity index (χ4n) is 2.10. The molecular weight excluding hydrogens is 296 g/mol. The van der Waals surface area contributed by atoms with Crippen LogP contribution in [0, 0.1) is 6.92 Å². The van der Waals surface area contributed by atoms with Gasteiger partial charge in [0.15, 0.2) is 0 Å². The van der Waals surface area contributed by atoms with Gasteiger partial charge in [0.1, 0.15) is 13.2 Å². The van der Waals surface area contributed by atoms with Crippen LogP contribution in [-0.4, -0.2) is 15.1 Å². The average molecular weight is 314 g/mol. The second-order valence-corrected chi connectivity index (χ2v) is 5.19. The number of hydrogen-bond donors (Lipinski definition) is 0. The van der Waals surface area contributed by atoms with Crippen molar-refractivity contribution >= 4 is 12.0 Å². The Morgan fingerprint density at radius 3 is 2.52 bits per heavy atom. The Hall–Kier alpha value is -2.89. The van der Waals surface area contributed by atoms with E-state index in [1.807, 2.05) is 24.3 Å². The monoisotopic (exact) mass is 314 g/mol. The molecular formula is C17H18N2O4. The summed E-state index contributed by atoms with van der Waals surface area (Å²) in [7, 11) is 1.38. The molecule has 0 aliphatic rings. The Balaban J connectivity index is 2.04. The molecule has 0 N–H and O–H groups in total. The minimum absolute atomic E-state index is 0.121. The molecule has 0 atom stereocenters. The molecule has 0 spiro atoms. The van der Waals surface area contributed by atoms with Gasteiger partial charge in [-0.05, 0) is 18.1 Å². The molecule has 0 saturated heterocycles. The molecule has 0 radical (unpaired) electrons. The molecule has 0 fully saturated rings. The Kier molecular flexibility index (Phi) is 4.95. The molecule has 23 heavy (non-hydrogen) atoms. The van der Waals surface area contributed by atoms with Crippen molar-refractivity contribution in [2.45, 2.75) is 20.1 Å². The minimum Gasteiger partial charge on any atom is -0.459 e. The first-order valence-electron chi connectivity index (χ1n) is 7.06. The van der Waals surface area contributed by atoms with E-state index in [9.17, 15) is 14.4 Å². The van der Waals surface area contributed by atoms with E-state index >= 15 is 0 Å². The van der Waals surface area contributed by atoms with Gasteiger partial charge in [0.05, 0.1) is 0 Å². The molecule has 1 aromatic carbocycles. The molecule has 6 heteroatoms. The van der Waals surface area contributed by atoms with E-state index in [4.69, 9.17) is 4.74 Å². The summed E-state index contributed by atoms with van der Waals surface area (Å²) in [5, 5.41) is 0. The van der Waals surface area contributed by atoms with E-state index in [2.05, 4.69) is 6.58 Å². The standard InChI is InChI=1S/C17H18N2O4/c1-4-13-5-7-14(8-6-13)11-23-15(20)10-19-9-12(2)16(21)18(3)17(19)22/h4-9H,1,10-11H2,2-3H3. The lowest BCUT2D eigenvalue weighted by atomic mass is 10.1. The number of benzene rings is 1. The summed E-state index contributed by atoms with van der Waals surface area (Å²) in [5.41, 5.74) is 1.29. The third-order valence-electron chi connectivity index (χ3n) is 3.44. The van der Waals surface area contributed by atoms with Gasteiger partial charge < -0.3 is 4.74 Å². The van der Waals surface area contributed by atoms with Gasteiger partial charge in [0.25, 0.3) is 5.56 Å². The van der Waals surface area contributed by atoms with Gasteiger partial charge in [-0.2, -0.15) is 0 Å². The van der Waals surface area contributed by atoms with E-state index < -0.39 is 11.7 Å². The summed E-state index contributed by atoms with van der Waals surface area (Å²) in [4.78, 5) is 35.4. The summed E-state index contributed by atoms with van der Waals surface area (Å²) in [6.45, 7) is 5.14. The summed E-state index contributed by atoms with van der Waals surface area (Å²) in [6, 6.07) is 7.42. The normalized spacial score (nSPS) is 10.3. The van der Waals surface area contributed by atoms with Gasteiger partial charge in [-0.15, -0.1) is 0 Å². The molecule has 6 nitrogen and oxygen atoms in total. The maximum absolute atomic E-state index is 11.9. The first-order chi connectivity index (χ1) is 10.9. The number of carbonyl (C=O) groups is 1. The van der Waals surface area contributed by atoms with Crippen molar-refractivity contribution in [3.05, 3.63) is 74.6 Å². The molecule has 1 heterocycles. The fraction of sp³-hybridized carbons (Fsp3) is 0.235. The Morgan fingerprint density at radius 2 is 1.91 bits per heavy atom. The minimum atomic E-state index is -0.548. The molecule has 0 bridgehead atoms. The average Bonchev–Trinajstić information content (AvgIpc) is 2.56. The zero-order valence-electron chi connectivity index (χ0n) is 13.1. The van der Waals surface area contributed by atoms with Gasteiger partial charge in [0.2, 0.25) is 0 Å². The quantitative estimate of drug-likeness (QED) is 0.779. The van der Waals surface area contributed by atoms with Gasteiger partial charge in [-0.1, -0.05) is 36.9 Å². The summed E-state index contributed by atoms with van der Waals surface area (Å²) >= 11 is 0. The smallest absolute Gasteiger partial charge is 0.331 e. The first kappa shape index (κ1) is 16.5. The van der Waals surface area contributed by atoms with Gasteiger partial charge in [-0.3, -0.25) is 18.7 Å². The van der Waals surface area contributed by atoms with Crippen molar-refractivity contribution in [2.24, 2.45) is 7.05 Å². The van der Waals surface area contributed by atoms with Crippen LogP contribution in [-0.2, 0) is 29.7 Å². The van der Waals surface area contributed by atoms with Gasteiger partial charge >= 0.3 is 11.7 Å². The summed E-state index contributed by atoms with van der Waals surface area (Å²) < 4.78 is 7.29. The Morgan fingerprint density at radius 1 is 1.26 bits per heavy atom. The van der Waals surface area contributed by atoms with Crippen LogP contribution >= 0.6 is 0 Å². The third kappa shape index (κ3) is 3.85. The molecule has 2 rings (SSSR count). The highest BCUT2D eigenvalue weighted by Gasteiger charge is 2.10. The number of nitrogens with zero attached hydrogens (tertiary/aromatic N) is 2. The molecule has 0 amide bonds. The van der Waals surface area contributed by atoms with Gasteiger partial charge in [0, 0.05) is 18.8 Å². The molecule has 0 unspecified atom stereocenters. The predicted molar refractivity (Wildman–Crippen MR) is 87.0 cm³/mol. The highest BCUT2D eigenvalue weighted by atomic mass is 16.5. The number of aromatic nitrogens is 2. The van der Waals surface area contributed by atoms with Crippen molar-refractivity contribution in [3.63, 3.8) is 0 Å². The largest absolute Gasteiger partial charge is 0.459 e. The second kappa shape index (κ2) is 6.91. The van der Waals surface area contributed by atoms with Crippen LogP contribution < -0.4 is 11.2 Å². The van der Waals surface area contributed by atoms with Crippen molar-refractivity contribution in [1.29, 1.82) is 0 Å². The number of rotatable bonds is 5. The van der Waals surface area contributed by atoms with Crippen molar-refractivity contribution in [1.82, 2.24) is 9.13 Å². The van der Waals surface area contributed by atoms with Crippen LogP contribution in [0.3, 0.4) is 0 Å². The highest BCUT2D eigenvalue weighted by molar-refractivity contribution is 5.69. The SMILES string of the molecule is C=Cc1ccc(COC(=O)Cn2cc(C)c(=O)n(C)c2=O)cc1. The van der Waals surface area contributed by atoms with Crippen LogP contribution in [0.4, 0.5) is 0 Å². The number of aryl methyl sites for hydroxylation is 1. The van der Waals surface area contributed by atoms with E-state index in [0.717, 1.165) is 15.7 Å². The zero-order valence-corrected chi connectivity index (χ0v) is 13.1. The predicted octanol–water partition coefficient (Wildman–Crippen LogP) is 1.24. The number of hydrogen-bond acceptors (Lipinski definition) is 4. The lowest BCUT2D eigenvalue weighted by molar-refractivity contribution is -0.145. The molecule has 0 saturated carbocycles. The van der Waals surface area contributed by atoms with E-state index in [0.29, 0.717) is 5.56 Å². The lowest BCUT2D eigenvalue weighted by Crippen LogP contribution is -2.40. The highest BCUT2D eigenvalue weighted by Crippen LogP contribution is 2.06. The van der Waals surface area contributed by atoms with Crippen molar-refractivity contribution < 1.29 is 9.53 Å². The Bertz CT molecular complexity index is 844. The molecule has 120 valence electrons. The molecule has 2 aromatic rings. The van der Waals surface area contributed by atoms with Gasteiger partial charge in [-0.25, -0.2) is 4.79 Å². The van der Waals surface area contributed by atoms with Crippen LogP contribution in [0.2, 0.25) is 0 Å². The molecule has 1 aromatic heterocycles. The van der Waals surface area contributed by atoms with Crippen LogP contribution in [0.1, 0.15) is 16.7 Å². The molecule has 0 aliphatic heterocycles. The van der Waals surface area contributed by atoms with E-state index in [1.165, 1.54) is 17.8 Å². The van der Waals surface area contributed by atoms with Crippen LogP contribution in [0.15, 0.2) is 46.6 Å². The number of ether oxygens (including phenoxy) is 1. The van der Waals surface area contributed by atoms with E-state index in [-0.39, 0.29) is 18.7 Å². The maximum Gasteiger partial charge on any atom is 0.331 e. The lowest BCUT2D eigenvalue weighted by Gasteiger charge is -2.09. The van der Waals surface area contributed by atoms with Crippen LogP contribution in [0.5, 0.6) is 0 Å². The maximum atomic E-state index is 11.9. The summed E-state index contributed by atoms with van der Waals surface area (Å²) in [5.74, 6) is -0.544. The van der Waals surface area contributed by atoms with Crippen LogP contribution in [0.25, 0.3) is 6.08 Å². The first-order valence-corrected chi connectivity index (χ1v) is 7.06.